The number of fused-ring (bicyclic) bond motifs is 1. The molecule has 3 rings (SSSR count). The summed E-state index contributed by atoms with van der Waals surface area (Å²) >= 11 is 0. The number of benzene rings is 2. The van der Waals surface area contributed by atoms with Crippen LogP contribution in [-0.2, 0) is 6.42 Å². The quantitative estimate of drug-likeness (QED) is 0.929. The summed E-state index contributed by atoms with van der Waals surface area (Å²) in [5.74, 6) is 0.0821. The first-order valence-corrected chi connectivity index (χ1v) is 7.54. The van der Waals surface area contributed by atoms with Crippen molar-refractivity contribution >= 4 is 17.3 Å². The number of rotatable bonds is 3. The molecule has 0 bridgehead atoms. The van der Waals surface area contributed by atoms with Crippen LogP contribution in [0.15, 0.2) is 48.5 Å². The van der Waals surface area contributed by atoms with E-state index in [0.29, 0.717) is 0 Å². The van der Waals surface area contributed by atoms with Crippen LogP contribution in [0.25, 0.3) is 0 Å². The van der Waals surface area contributed by atoms with Crippen LogP contribution in [0.5, 0.6) is 0 Å². The molecule has 1 N–H and O–H groups in total. The smallest absolute Gasteiger partial charge is 0.260 e. The molecule has 0 spiro atoms. The molecule has 21 heavy (non-hydrogen) atoms. The van der Waals surface area contributed by atoms with Gasteiger partial charge in [0.1, 0.15) is 0 Å². The lowest BCUT2D eigenvalue weighted by Gasteiger charge is -2.30. The zero-order valence-electron chi connectivity index (χ0n) is 12.3. The van der Waals surface area contributed by atoms with E-state index in [9.17, 15) is 4.79 Å². The summed E-state index contributed by atoms with van der Waals surface area (Å²) in [4.78, 5) is 14.9. The van der Waals surface area contributed by atoms with Gasteiger partial charge in [0.05, 0.1) is 5.56 Å². The average Bonchev–Trinajstić information content (AvgIpc) is 2.54. The second-order valence-corrected chi connectivity index (χ2v) is 5.26. The first-order valence-electron chi connectivity index (χ1n) is 7.54. The summed E-state index contributed by atoms with van der Waals surface area (Å²) in [7, 11) is 0. The van der Waals surface area contributed by atoms with E-state index >= 15 is 0 Å². The second kappa shape index (κ2) is 6.00. The molecule has 1 aliphatic heterocycles. The Morgan fingerprint density at radius 3 is 2.76 bits per heavy atom. The first-order chi connectivity index (χ1) is 10.3. The van der Waals surface area contributed by atoms with Crippen molar-refractivity contribution in [1.29, 1.82) is 0 Å². The molecule has 0 saturated carbocycles. The molecule has 2 aromatic rings. The van der Waals surface area contributed by atoms with Crippen molar-refractivity contribution in [2.45, 2.75) is 19.8 Å². The molecule has 3 heteroatoms. The number of carbonyl (C=O) groups is 1. The first kappa shape index (κ1) is 13.7. The van der Waals surface area contributed by atoms with E-state index in [-0.39, 0.29) is 5.91 Å². The van der Waals surface area contributed by atoms with Gasteiger partial charge in [0, 0.05) is 24.5 Å². The van der Waals surface area contributed by atoms with E-state index in [1.165, 1.54) is 5.56 Å². The highest BCUT2D eigenvalue weighted by Gasteiger charge is 2.24. The van der Waals surface area contributed by atoms with Crippen LogP contribution in [0.2, 0.25) is 0 Å². The van der Waals surface area contributed by atoms with Gasteiger partial charge in [-0.1, -0.05) is 30.3 Å². The van der Waals surface area contributed by atoms with E-state index in [1.807, 2.05) is 54.3 Å². The summed E-state index contributed by atoms with van der Waals surface area (Å²) < 4.78 is 0. The van der Waals surface area contributed by atoms with Crippen LogP contribution in [0.4, 0.5) is 11.4 Å². The van der Waals surface area contributed by atoms with Gasteiger partial charge in [0.25, 0.3) is 5.91 Å². The van der Waals surface area contributed by atoms with E-state index in [1.54, 1.807) is 0 Å². The van der Waals surface area contributed by atoms with Crippen LogP contribution in [0, 0.1) is 0 Å². The molecular weight excluding hydrogens is 260 g/mol. The Morgan fingerprint density at radius 2 is 1.90 bits per heavy atom. The van der Waals surface area contributed by atoms with Gasteiger partial charge in [-0.25, -0.2) is 0 Å². The van der Waals surface area contributed by atoms with Gasteiger partial charge >= 0.3 is 0 Å². The zero-order chi connectivity index (χ0) is 14.7. The molecular formula is C18H20N2O. The van der Waals surface area contributed by atoms with Crippen LogP contribution < -0.4 is 10.2 Å². The molecule has 0 fully saturated rings. The highest BCUT2D eigenvalue weighted by Crippen LogP contribution is 2.29. The molecule has 108 valence electrons. The Hall–Kier alpha value is -2.29. The van der Waals surface area contributed by atoms with Crippen LogP contribution in [-0.4, -0.2) is 19.0 Å². The Bertz CT molecular complexity index is 651. The molecule has 0 aliphatic carbocycles. The summed E-state index contributed by atoms with van der Waals surface area (Å²) in [5.41, 5.74) is 3.97. The summed E-state index contributed by atoms with van der Waals surface area (Å²) in [6.45, 7) is 3.63. The van der Waals surface area contributed by atoms with E-state index in [2.05, 4.69) is 11.4 Å². The molecule has 1 amide bonds. The molecule has 0 saturated heterocycles. The SMILES string of the molecule is CCNc1ccccc1C(=O)N1CCCc2ccccc21. The fraction of sp³-hybridized carbons (Fsp3) is 0.278. The van der Waals surface area contributed by atoms with Crippen LogP contribution in [0.3, 0.4) is 0 Å². The minimum atomic E-state index is 0.0821. The number of hydrogen-bond donors (Lipinski definition) is 1. The van der Waals surface area contributed by atoms with Crippen molar-refractivity contribution in [1.82, 2.24) is 0 Å². The van der Waals surface area contributed by atoms with Crippen molar-refractivity contribution < 1.29 is 4.79 Å². The molecule has 2 aromatic carbocycles. The Balaban J connectivity index is 1.97. The highest BCUT2D eigenvalue weighted by molar-refractivity contribution is 6.10. The van der Waals surface area contributed by atoms with Crippen molar-refractivity contribution in [2.75, 3.05) is 23.3 Å². The van der Waals surface area contributed by atoms with Crippen LogP contribution >= 0.6 is 0 Å². The normalized spacial score (nSPS) is 13.7. The monoisotopic (exact) mass is 280 g/mol. The van der Waals surface area contributed by atoms with Gasteiger partial charge in [-0.05, 0) is 43.5 Å². The third kappa shape index (κ3) is 2.64. The zero-order valence-corrected chi connectivity index (χ0v) is 12.3. The molecule has 1 aliphatic rings. The molecule has 0 unspecified atom stereocenters. The lowest BCUT2D eigenvalue weighted by Crippen LogP contribution is -2.35. The minimum Gasteiger partial charge on any atom is -0.385 e. The number of nitrogens with one attached hydrogen (secondary N) is 1. The topological polar surface area (TPSA) is 32.3 Å². The number of anilines is 2. The highest BCUT2D eigenvalue weighted by atomic mass is 16.2. The molecule has 0 atom stereocenters. The summed E-state index contributed by atoms with van der Waals surface area (Å²) in [6.07, 6.45) is 2.07. The summed E-state index contributed by atoms with van der Waals surface area (Å²) in [5, 5.41) is 3.27. The number of para-hydroxylation sites is 2. The number of hydrogen-bond acceptors (Lipinski definition) is 2. The largest absolute Gasteiger partial charge is 0.385 e. The van der Waals surface area contributed by atoms with Crippen molar-refractivity contribution in [2.24, 2.45) is 0 Å². The van der Waals surface area contributed by atoms with Crippen molar-refractivity contribution in [3.8, 4) is 0 Å². The number of amides is 1. The van der Waals surface area contributed by atoms with Crippen molar-refractivity contribution in [3.63, 3.8) is 0 Å². The third-order valence-electron chi connectivity index (χ3n) is 3.88. The average molecular weight is 280 g/mol. The maximum absolute atomic E-state index is 12.9. The maximum Gasteiger partial charge on any atom is 0.260 e. The maximum atomic E-state index is 12.9. The predicted molar refractivity (Wildman–Crippen MR) is 87.0 cm³/mol. The van der Waals surface area contributed by atoms with Gasteiger partial charge < -0.3 is 10.2 Å². The van der Waals surface area contributed by atoms with Gasteiger partial charge in [-0.15, -0.1) is 0 Å². The molecule has 3 nitrogen and oxygen atoms in total. The van der Waals surface area contributed by atoms with Gasteiger partial charge in [0.2, 0.25) is 0 Å². The van der Waals surface area contributed by atoms with Crippen molar-refractivity contribution in [3.05, 3.63) is 59.7 Å². The molecule has 1 heterocycles. The fourth-order valence-corrected chi connectivity index (χ4v) is 2.90. The van der Waals surface area contributed by atoms with Gasteiger partial charge in [0.15, 0.2) is 0 Å². The Labute approximate surface area is 125 Å². The standard InChI is InChI=1S/C18H20N2O/c1-2-19-16-11-5-4-10-15(16)18(21)20-13-7-9-14-8-3-6-12-17(14)20/h3-6,8,10-12,19H,2,7,9,13H2,1H3. The molecule has 0 aromatic heterocycles. The minimum absolute atomic E-state index is 0.0821. The van der Waals surface area contributed by atoms with Gasteiger partial charge in [-0.2, -0.15) is 0 Å². The lowest BCUT2D eigenvalue weighted by molar-refractivity contribution is 0.0986. The third-order valence-corrected chi connectivity index (χ3v) is 3.88. The summed E-state index contributed by atoms with van der Waals surface area (Å²) in [6, 6.07) is 15.9. The number of aryl methyl sites for hydroxylation is 1. The Kier molecular flexibility index (Phi) is 3.91. The lowest BCUT2D eigenvalue weighted by atomic mass is 10.0. The van der Waals surface area contributed by atoms with E-state index in [4.69, 9.17) is 0 Å². The van der Waals surface area contributed by atoms with E-state index < -0.39 is 0 Å². The van der Waals surface area contributed by atoms with Crippen LogP contribution in [0.1, 0.15) is 29.3 Å². The van der Waals surface area contributed by atoms with E-state index in [0.717, 1.165) is 42.9 Å². The fourth-order valence-electron chi connectivity index (χ4n) is 2.90. The Morgan fingerprint density at radius 1 is 1.14 bits per heavy atom. The molecule has 0 radical (unpaired) electrons. The predicted octanol–water partition coefficient (Wildman–Crippen LogP) is 3.71. The number of nitrogens with zero attached hydrogens (tertiary/aromatic N) is 1. The number of carbonyl (C=O) groups excluding carboxylic acids is 1. The van der Waals surface area contributed by atoms with Gasteiger partial charge in [-0.3, -0.25) is 4.79 Å². The second-order valence-electron chi connectivity index (χ2n) is 5.26.